The Kier molecular flexibility index (Phi) is 4.04. The average molecular weight is 307 g/mol. The molecule has 0 saturated carbocycles. The molecule has 0 radical (unpaired) electrons. The summed E-state index contributed by atoms with van der Waals surface area (Å²) in [6, 6.07) is 12.2. The summed E-state index contributed by atoms with van der Waals surface area (Å²) in [5.41, 5.74) is 4.26. The highest BCUT2D eigenvalue weighted by molar-refractivity contribution is 5.67. The van der Waals surface area contributed by atoms with Gasteiger partial charge in [0.2, 0.25) is 0 Å². The van der Waals surface area contributed by atoms with E-state index in [4.69, 9.17) is 0 Å². The molecule has 0 spiro atoms. The molecular weight excluding hydrogens is 282 g/mol. The summed E-state index contributed by atoms with van der Waals surface area (Å²) in [4.78, 5) is 2.69. The zero-order valence-corrected chi connectivity index (χ0v) is 13.9. The number of hydrogen-bond acceptors (Lipinski definition) is 2. The first-order valence-electron chi connectivity index (χ1n) is 8.86. The fourth-order valence-electron chi connectivity index (χ4n) is 4.05. The second kappa shape index (κ2) is 6.32. The Balaban J connectivity index is 1.52. The van der Waals surface area contributed by atoms with Crippen LogP contribution < -0.4 is 0 Å². The van der Waals surface area contributed by atoms with Crippen molar-refractivity contribution in [3.63, 3.8) is 0 Å². The van der Waals surface area contributed by atoms with Crippen molar-refractivity contribution in [2.45, 2.75) is 57.8 Å². The van der Waals surface area contributed by atoms with Crippen molar-refractivity contribution in [2.75, 3.05) is 0 Å². The molecule has 3 nitrogen and oxygen atoms in total. The van der Waals surface area contributed by atoms with E-state index in [2.05, 4.69) is 64.2 Å². The van der Waals surface area contributed by atoms with Gasteiger partial charge in [-0.3, -0.25) is 9.58 Å². The maximum atomic E-state index is 4.50. The Bertz CT molecular complexity index is 686. The fraction of sp³-hybridized carbons (Fsp3) is 0.450. The van der Waals surface area contributed by atoms with E-state index >= 15 is 0 Å². The summed E-state index contributed by atoms with van der Waals surface area (Å²) in [5.74, 6) is 0. The minimum Gasteiger partial charge on any atom is -0.289 e. The minimum absolute atomic E-state index is 0.596. The number of fused-ring (bicyclic) bond motifs is 2. The number of hydrogen-bond donors (Lipinski definition) is 0. The average Bonchev–Trinajstić information content (AvgIpc) is 3.11. The Morgan fingerprint density at radius 1 is 1.17 bits per heavy atom. The summed E-state index contributed by atoms with van der Waals surface area (Å²) in [6.07, 6.45) is 11.7. The maximum Gasteiger partial charge on any atom is 0.0564 e. The Hall–Kier alpha value is -1.87. The molecule has 2 unspecified atom stereocenters. The van der Waals surface area contributed by atoms with Gasteiger partial charge in [-0.25, -0.2) is 0 Å². The summed E-state index contributed by atoms with van der Waals surface area (Å²) in [6.45, 7) is 4.29. The molecule has 2 aromatic rings. The van der Waals surface area contributed by atoms with Crippen LogP contribution in [0.25, 0.3) is 5.57 Å². The predicted octanol–water partition coefficient (Wildman–Crippen LogP) is 4.11. The first-order chi connectivity index (χ1) is 11.3. The molecule has 2 aliphatic rings. The fourth-order valence-corrected chi connectivity index (χ4v) is 4.05. The van der Waals surface area contributed by atoms with E-state index in [1.165, 1.54) is 36.0 Å². The molecule has 0 N–H and O–H groups in total. The molecule has 2 aliphatic heterocycles. The molecule has 1 fully saturated rings. The molecule has 0 aliphatic carbocycles. The highest BCUT2D eigenvalue weighted by Gasteiger charge is 2.36. The second-order valence-corrected chi connectivity index (χ2v) is 6.84. The van der Waals surface area contributed by atoms with Crippen molar-refractivity contribution in [3.8, 4) is 0 Å². The van der Waals surface area contributed by atoms with Gasteiger partial charge in [-0.1, -0.05) is 43.3 Å². The van der Waals surface area contributed by atoms with Gasteiger partial charge in [-0.15, -0.1) is 0 Å². The highest BCUT2D eigenvalue weighted by atomic mass is 15.3. The summed E-state index contributed by atoms with van der Waals surface area (Å²) in [5, 5.41) is 4.50. The van der Waals surface area contributed by atoms with Crippen LogP contribution in [-0.2, 0) is 13.1 Å². The van der Waals surface area contributed by atoms with Gasteiger partial charge in [0.25, 0.3) is 0 Å². The first-order valence-corrected chi connectivity index (χ1v) is 8.86. The normalized spacial score (nSPS) is 24.0. The molecule has 0 amide bonds. The number of rotatable bonds is 5. The second-order valence-electron chi connectivity index (χ2n) is 6.84. The number of nitrogens with zero attached hydrogens (tertiary/aromatic N) is 3. The topological polar surface area (TPSA) is 21.1 Å². The molecular formula is C20H25N3. The van der Waals surface area contributed by atoms with Crippen molar-refractivity contribution < 1.29 is 0 Å². The van der Waals surface area contributed by atoms with Gasteiger partial charge >= 0.3 is 0 Å². The van der Waals surface area contributed by atoms with Gasteiger partial charge < -0.3 is 0 Å². The van der Waals surface area contributed by atoms with Gasteiger partial charge in [-0.2, -0.15) is 5.10 Å². The molecule has 1 aromatic carbocycles. The summed E-state index contributed by atoms with van der Waals surface area (Å²) < 4.78 is 2.08. The lowest BCUT2D eigenvalue weighted by atomic mass is 9.96. The van der Waals surface area contributed by atoms with Crippen LogP contribution in [0.15, 0.2) is 48.8 Å². The van der Waals surface area contributed by atoms with Crippen molar-refractivity contribution >= 4 is 5.57 Å². The zero-order chi connectivity index (χ0) is 15.6. The molecule has 3 heteroatoms. The first kappa shape index (κ1) is 14.7. The van der Waals surface area contributed by atoms with E-state index in [0.29, 0.717) is 12.1 Å². The molecule has 2 atom stereocenters. The smallest absolute Gasteiger partial charge is 0.0564 e. The van der Waals surface area contributed by atoms with E-state index < -0.39 is 0 Å². The maximum absolute atomic E-state index is 4.50. The third kappa shape index (κ3) is 2.98. The quantitative estimate of drug-likeness (QED) is 0.829. The molecule has 2 bridgehead atoms. The highest BCUT2D eigenvalue weighted by Crippen LogP contribution is 2.39. The SMILES string of the molecule is CCCn1cc(C2=CC3CCC(C2)N3Cc2ccccc2)cn1. The standard InChI is InChI=1S/C20H25N3/c1-2-10-22-15-18(13-21-22)17-11-19-8-9-20(12-17)23(19)14-16-6-4-3-5-7-16/h3-7,11,13,15,19-20H,2,8-10,12,14H2,1H3. The van der Waals surface area contributed by atoms with Gasteiger partial charge in [0.05, 0.1) is 6.20 Å². The van der Waals surface area contributed by atoms with Gasteiger partial charge in [0.15, 0.2) is 0 Å². The number of aromatic nitrogens is 2. The molecule has 120 valence electrons. The van der Waals surface area contributed by atoms with E-state index in [-0.39, 0.29) is 0 Å². The summed E-state index contributed by atoms with van der Waals surface area (Å²) >= 11 is 0. The van der Waals surface area contributed by atoms with Gasteiger partial charge in [0.1, 0.15) is 0 Å². The van der Waals surface area contributed by atoms with Crippen molar-refractivity contribution in [1.82, 2.24) is 14.7 Å². The van der Waals surface area contributed by atoms with Crippen molar-refractivity contribution in [3.05, 3.63) is 59.9 Å². The molecule has 23 heavy (non-hydrogen) atoms. The lowest BCUT2D eigenvalue weighted by molar-refractivity contribution is 0.203. The largest absolute Gasteiger partial charge is 0.289 e. The lowest BCUT2D eigenvalue weighted by Crippen LogP contribution is -2.37. The number of benzene rings is 1. The van der Waals surface area contributed by atoms with E-state index in [1.54, 1.807) is 0 Å². The van der Waals surface area contributed by atoms with Gasteiger partial charge in [0, 0.05) is 36.9 Å². The Labute approximate surface area is 138 Å². The van der Waals surface area contributed by atoms with E-state index in [1.807, 2.05) is 6.20 Å². The number of aryl methyl sites for hydroxylation is 1. The van der Waals surface area contributed by atoms with Crippen LogP contribution in [0, 0.1) is 0 Å². The Morgan fingerprint density at radius 2 is 2.04 bits per heavy atom. The summed E-state index contributed by atoms with van der Waals surface area (Å²) in [7, 11) is 0. The molecule has 1 saturated heterocycles. The van der Waals surface area contributed by atoms with E-state index in [0.717, 1.165) is 19.5 Å². The van der Waals surface area contributed by atoms with Gasteiger partial charge in [-0.05, 0) is 36.8 Å². The monoisotopic (exact) mass is 307 g/mol. The minimum atomic E-state index is 0.596. The van der Waals surface area contributed by atoms with Crippen LogP contribution in [-0.4, -0.2) is 26.8 Å². The van der Waals surface area contributed by atoms with Crippen molar-refractivity contribution in [1.29, 1.82) is 0 Å². The van der Waals surface area contributed by atoms with Crippen LogP contribution in [0.1, 0.15) is 43.7 Å². The third-order valence-corrected chi connectivity index (χ3v) is 5.20. The third-order valence-electron chi connectivity index (χ3n) is 5.20. The van der Waals surface area contributed by atoms with Crippen LogP contribution in [0.2, 0.25) is 0 Å². The van der Waals surface area contributed by atoms with Crippen LogP contribution >= 0.6 is 0 Å². The lowest BCUT2D eigenvalue weighted by Gasteiger charge is -2.33. The Morgan fingerprint density at radius 3 is 2.83 bits per heavy atom. The molecule has 3 heterocycles. The molecule has 4 rings (SSSR count). The van der Waals surface area contributed by atoms with Crippen molar-refractivity contribution in [2.24, 2.45) is 0 Å². The predicted molar refractivity (Wildman–Crippen MR) is 93.9 cm³/mol. The molecule has 1 aromatic heterocycles. The van der Waals surface area contributed by atoms with Crippen LogP contribution in [0.4, 0.5) is 0 Å². The van der Waals surface area contributed by atoms with E-state index in [9.17, 15) is 0 Å². The van der Waals surface area contributed by atoms with Crippen LogP contribution in [0.5, 0.6) is 0 Å². The van der Waals surface area contributed by atoms with Crippen LogP contribution in [0.3, 0.4) is 0 Å². The zero-order valence-electron chi connectivity index (χ0n) is 13.9.